The Bertz CT molecular complexity index is 2000. The molecule has 1 heterocycles. The molecule has 0 aliphatic heterocycles. The number of hydrogen-bond donors (Lipinski definition) is 0. The molecule has 6 aromatic carbocycles. The topological polar surface area (TPSA) is 25.8 Å². The molecule has 3 heteroatoms. The molecule has 2 nitrogen and oxygen atoms in total. The second-order valence-corrected chi connectivity index (χ2v) is 10.5. The Hall–Kier alpha value is -5.05. The summed E-state index contributed by atoms with van der Waals surface area (Å²) in [5, 5.41) is 3.03. The van der Waals surface area contributed by atoms with Crippen LogP contribution in [0.5, 0.6) is 0 Å². The second-order valence-electron chi connectivity index (χ2n) is 10.0. The molecule has 0 radical (unpaired) electrons. The first-order chi connectivity index (χ1) is 20.2. The van der Waals surface area contributed by atoms with Gasteiger partial charge in [0.1, 0.15) is 0 Å². The van der Waals surface area contributed by atoms with Gasteiger partial charge in [-0.15, -0.1) is 0 Å². The number of aromatic nitrogens is 2. The van der Waals surface area contributed by atoms with E-state index in [9.17, 15) is 0 Å². The zero-order valence-corrected chi connectivity index (χ0v) is 23.0. The molecule has 0 saturated carbocycles. The summed E-state index contributed by atoms with van der Waals surface area (Å²) in [5.74, 6) is 0.691. The van der Waals surface area contributed by atoms with Gasteiger partial charge >= 0.3 is 0 Å². The molecule has 0 saturated heterocycles. The Morgan fingerprint density at radius 3 is 1.78 bits per heavy atom. The Kier molecular flexibility index (Phi) is 6.60. The zero-order chi connectivity index (χ0) is 27.6. The molecule has 0 aliphatic rings. The number of hydrogen-bond acceptors (Lipinski definition) is 2. The minimum absolute atomic E-state index is 0.691. The van der Waals surface area contributed by atoms with Crippen molar-refractivity contribution in [2.75, 3.05) is 0 Å². The van der Waals surface area contributed by atoms with Crippen LogP contribution >= 0.6 is 11.6 Å². The van der Waals surface area contributed by atoms with E-state index >= 15 is 0 Å². The molecule has 0 N–H and O–H groups in total. The Morgan fingerprint density at radius 1 is 0.390 bits per heavy atom. The van der Waals surface area contributed by atoms with Crippen molar-refractivity contribution in [3.63, 3.8) is 0 Å². The highest BCUT2D eigenvalue weighted by Crippen LogP contribution is 2.36. The highest BCUT2D eigenvalue weighted by atomic mass is 35.5. The lowest BCUT2D eigenvalue weighted by atomic mass is 9.94. The first-order valence-corrected chi connectivity index (χ1v) is 14.0. The third-order valence-electron chi connectivity index (χ3n) is 7.32. The molecule has 0 aliphatic carbocycles. The van der Waals surface area contributed by atoms with Gasteiger partial charge in [0, 0.05) is 21.7 Å². The molecule has 1 aromatic heterocycles. The van der Waals surface area contributed by atoms with Gasteiger partial charge in [-0.25, -0.2) is 9.97 Å². The van der Waals surface area contributed by atoms with E-state index in [0.717, 1.165) is 55.7 Å². The van der Waals surface area contributed by atoms with Gasteiger partial charge in [-0.1, -0.05) is 127 Å². The van der Waals surface area contributed by atoms with Gasteiger partial charge in [0.25, 0.3) is 0 Å². The smallest absolute Gasteiger partial charge is 0.160 e. The molecule has 7 aromatic rings. The van der Waals surface area contributed by atoms with Crippen molar-refractivity contribution in [3.8, 4) is 56.2 Å². The molecule has 194 valence electrons. The quantitative estimate of drug-likeness (QED) is 0.215. The maximum atomic E-state index is 6.42. The number of rotatable bonds is 5. The monoisotopic (exact) mass is 544 g/mol. The second kappa shape index (κ2) is 10.8. The Labute approximate surface area is 244 Å². The SMILES string of the molecule is Clc1cccc(-c2cc(-c3cc(-c4ccccc4)nc(-c4cccc(-c5ccccc5)c4)n3)cc3ccccc23)c1. The highest BCUT2D eigenvalue weighted by molar-refractivity contribution is 6.31. The largest absolute Gasteiger partial charge is 0.228 e. The van der Waals surface area contributed by atoms with Crippen LogP contribution in [0.1, 0.15) is 0 Å². The molecule has 0 spiro atoms. The van der Waals surface area contributed by atoms with Crippen molar-refractivity contribution in [1.29, 1.82) is 0 Å². The van der Waals surface area contributed by atoms with Crippen molar-refractivity contribution in [3.05, 3.63) is 157 Å². The highest BCUT2D eigenvalue weighted by Gasteiger charge is 2.14. The predicted octanol–water partition coefficient (Wildman–Crippen LogP) is 10.6. The summed E-state index contributed by atoms with van der Waals surface area (Å²) in [5.41, 5.74) is 9.28. The van der Waals surface area contributed by atoms with Gasteiger partial charge in [-0.2, -0.15) is 0 Å². The lowest BCUT2D eigenvalue weighted by Gasteiger charge is -2.13. The first kappa shape index (κ1) is 25.0. The normalized spacial score (nSPS) is 11.0. The van der Waals surface area contributed by atoms with Crippen molar-refractivity contribution in [2.45, 2.75) is 0 Å². The fourth-order valence-corrected chi connectivity index (χ4v) is 5.49. The van der Waals surface area contributed by atoms with Gasteiger partial charge < -0.3 is 0 Å². The average Bonchev–Trinajstić information content (AvgIpc) is 3.05. The number of fused-ring (bicyclic) bond motifs is 1. The van der Waals surface area contributed by atoms with E-state index in [1.54, 1.807) is 0 Å². The van der Waals surface area contributed by atoms with Crippen molar-refractivity contribution >= 4 is 22.4 Å². The number of benzene rings is 6. The molecule has 0 atom stereocenters. The van der Waals surface area contributed by atoms with Crippen LogP contribution in [0.15, 0.2) is 152 Å². The van der Waals surface area contributed by atoms with Crippen LogP contribution in [0.4, 0.5) is 0 Å². The van der Waals surface area contributed by atoms with Crippen LogP contribution in [0.3, 0.4) is 0 Å². The molecule has 0 fully saturated rings. The van der Waals surface area contributed by atoms with Crippen LogP contribution in [-0.4, -0.2) is 9.97 Å². The average molecular weight is 545 g/mol. The van der Waals surface area contributed by atoms with Crippen LogP contribution < -0.4 is 0 Å². The summed E-state index contributed by atoms with van der Waals surface area (Å²) < 4.78 is 0. The summed E-state index contributed by atoms with van der Waals surface area (Å²) in [6, 6.07) is 52.1. The molecule has 0 bridgehead atoms. The van der Waals surface area contributed by atoms with E-state index < -0.39 is 0 Å². The minimum atomic E-state index is 0.691. The summed E-state index contributed by atoms with van der Waals surface area (Å²) in [6.45, 7) is 0. The van der Waals surface area contributed by atoms with Gasteiger partial charge in [-0.05, 0) is 69.4 Å². The third kappa shape index (κ3) is 5.14. The molecule has 41 heavy (non-hydrogen) atoms. The first-order valence-electron chi connectivity index (χ1n) is 13.6. The van der Waals surface area contributed by atoms with E-state index in [2.05, 4.69) is 109 Å². The summed E-state index contributed by atoms with van der Waals surface area (Å²) in [6.07, 6.45) is 0. The minimum Gasteiger partial charge on any atom is -0.228 e. The maximum Gasteiger partial charge on any atom is 0.160 e. The molecular weight excluding hydrogens is 520 g/mol. The van der Waals surface area contributed by atoms with Gasteiger partial charge in [0.2, 0.25) is 0 Å². The van der Waals surface area contributed by atoms with Crippen molar-refractivity contribution in [1.82, 2.24) is 9.97 Å². The van der Waals surface area contributed by atoms with Crippen LogP contribution in [0, 0.1) is 0 Å². The lowest BCUT2D eigenvalue weighted by Crippen LogP contribution is -1.96. The number of nitrogens with zero attached hydrogens (tertiary/aromatic N) is 2. The van der Waals surface area contributed by atoms with Crippen LogP contribution in [0.25, 0.3) is 66.9 Å². The van der Waals surface area contributed by atoms with Crippen molar-refractivity contribution in [2.24, 2.45) is 0 Å². The van der Waals surface area contributed by atoms with Gasteiger partial charge in [0.15, 0.2) is 5.82 Å². The summed E-state index contributed by atoms with van der Waals surface area (Å²) in [4.78, 5) is 10.2. The predicted molar refractivity (Wildman–Crippen MR) is 172 cm³/mol. The standard InChI is InChI=1S/C38H25ClN2/c39-33-19-10-17-30(23-33)35-24-32(22-29-15-7-8-20-34(29)35)37-25-36(27-13-5-2-6-14-27)40-38(41-37)31-18-9-16-28(21-31)26-11-3-1-4-12-26/h1-25H. The van der Waals surface area contributed by atoms with E-state index in [0.29, 0.717) is 10.8 Å². The van der Waals surface area contributed by atoms with Crippen LogP contribution in [0.2, 0.25) is 5.02 Å². The van der Waals surface area contributed by atoms with E-state index in [4.69, 9.17) is 21.6 Å². The van der Waals surface area contributed by atoms with Gasteiger partial charge in [-0.3, -0.25) is 0 Å². The fourth-order valence-electron chi connectivity index (χ4n) is 5.30. The maximum absolute atomic E-state index is 6.42. The molecule has 7 rings (SSSR count). The van der Waals surface area contributed by atoms with E-state index in [1.165, 1.54) is 5.39 Å². The fraction of sp³-hybridized carbons (Fsp3) is 0. The lowest BCUT2D eigenvalue weighted by molar-refractivity contribution is 1.18. The Morgan fingerprint density at radius 2 is 1.00 bits per heavy atom. The zero-order valence-electron chi connectivity index (χ0n) is 22.2. The number of halogens is 1. The molecular formula is C38H25ClN2. The van der Waals surface area contributed by atoms with E-state index in [1.807, 2.05) is 42.5 Å². The third-order valence-corrected chi connectivity index (χ3v) is 7.55. The molecule has 0 amide bonds. The van der Waals surface area contributed by atoms with Crippen molar-refractivity contribution < 1.29 is 0 Å². The Balaban J connectivity index is 1.44. The molecule has 0 unspecified atom stereocenters. The summed E-state index contributed by atoms with van der Waals surface area (Å²) >= 11 is 6.42. The van der Waals surface area contributed by atoms with Gasteiger partial charge in [0.05, 0.1) is 11.4 Å². The van der Waals surface area contributed by atoms with Crippen LogP contribution in [-0.2, 0) is 0 Å². The van der Waals surface area contributed by atoms with E-state index in [-0.39, 0.29) is 0 Å². The summed E-state index contributed by atoms with van der Waals surface area (Å²) in [7, 11) is 0.